The van der Waals surface area contributed by atoms with Crippen LogP contribution in [0.15, 0.2) is 4.99 Å². The third kappa shape index (κ3) is 10.7. The molecule has 1 atom stereocenters. The Labute approximate surface area is 184 Å². The molecule has 9 heteroatoms. The molecular weight excluding hydrogens is 477 g/mol. The molecule has 0 saturated carbocycles. The minimum absolute atomic E-state index is 0. The van der Waals surface area contributed by atoms with Crippen molar-refractivity contribution in [3.05, 3.63) is 15.6 Å². The minimum atomic E-state index is -0.503. The van der Waals surface area contributed by atoms with Gasteiger partial charge < -0.3 is 20.7 Å². The first-order valence-corrected chi connectivity index (χ1v) is 9.83. The molecule has 0 spiro atoms. The smallest absolute Gasteiger partial charge is 0.407 e. The number of carbonyl (C=O) groups excluding carboxylic acids is 1. The first kappa shape index (κ1) is 25.9. The largest absolute Gasteiger partial charge is 0.444 e. The second-order valence-corrected chi connectivity index (χ2v) is 8.47. The normalized spacial score (nSPS) is 12.8. The van der Waals surface area contributed by atoms with Crippen LogP contribution in [0.4, 0.5) is 4.79 Å². The Kier molecular flexibility index (Phi) is 11.9. The van der Waals surface area contributed by atoms with Crippen molar-refractivity contribution in [2.24, 2.45) is 4.99 Å². The van der Waals surface area contributed by atoms with Crippen molar-refractivity contribution in [1.29, 1.82) is 0 Å². The van der Waals surface area contributed by atoms with Gasteiger partial charge in [0.15, 0.2) is 5.96 Å². The second-order valence-electron chi connectivity index (χ2n) is 7.18. The third-order valence-corrected chi connectivity index (χ3v) is 4.59. The summed E-state index contributed by atoms with van der Waals surface area (Å²) in [5.41, 5.74) is 0.544. The molecule has 0 aliphatic heterocycles. The number of aromatic nitrogens is 1. The minimum Gasteiger partial charge on any atom is -0.444 e. The zero-order valence-electron chi connectivity index (χ0n) is 17.4. The highest BCUT2D eigenvalue weighted by atomic mass is 127. The van der Waals surface area contributed by atoms with Crippen molar-refractivity contribution >= 4 is 47.4 Å². The summed E-state index contributed by atoms with van der Waals surface area (Å²) in [5.74, 6) is 0.697. The van der Waals surface area contributed by atoms with E-state index in [0.29, 0.717) is 19.0 Å². The number of carbonyl (C=O) groups is 1. The second kappa shape index (κ2) is 12.4. The molecule has 0 fully saturated rings. The molecule has 1 aromatic rings. The molecule has 1 aromatic heterocycles. The van der Waals surface area contributed by atoms with Crippen LogP contribution < -0.4 is 16.0 Å². The predicted molar refractivity (Wildman–Crippen MR) is 123 cm³/mol. The van der Waals surface area contributed by atoms with Crippen LogP contribution in [0.2, 0.25) is 0 Å². The summed E-state index contributed by atoms with van der Waals surface area (Å²) in [6.07, 6.45) is 1.43. The number of guanidine groups is 1. The lowest BCUT2D eigenvalue weighted by molar-refractivity contribution is 0.0502. The monoisotopic (exact) mass is 511 g/mol. The fraction of sp³-hybridized carbons (Fsp3) is 0.722. The van der Waals surface area contributed by atoms with E-state index in [1.165, 1.54) is 4.88 Å². The Morgan fingerprint density at radius 1 is 1.30 bits per heavy atom. The summed E-state index contributed by atoms with van der Waals surface area (Å²) in [6.45, 7) is 12.9. The Morgan fingerprint density at radius 2 is 1.96 bits per heavy atom. The topological polar surface area (TPSA) is 87.6 Å². The molecule has 1 rings (SSSR count). The average Bonchev–Trinajstić information content (AvgIpc) is 2.83. The highest BCUT2D eigenvalue weighted by Gasteiger charge is 2.19. The molecule has 1 unspecified atom stereocenters. The standard InChI is InChI=1S/C18H33N5O2S.HI/c1-8-9-14(23-17(24)25-18(4,5)6)10-20-16(19-7)21-11-15-12(2)22-13(3)26-15;/h14H,8-11H2,1-7H3,(H,23,24)(H2,19,20,21);1H. The van der Waals surface area contributed by atoms with Gasteiger partial charge in [-0.3, -0.25) is 4.99 Å². The molecule has 0 saturated heterocycles. The molecule has 156 valence electrons. The molecule has 27 heavy (non-hydrogen) atoms. The van der Waals surface area contributed by atoms with Gasteiger partial charge in [-0.2, -0.15) is 0 Å². The number of hydrogen-bond acceptors (Lipinski definition) is 5. The maximum absolute atomic E-state index is 12.0. The van der Waals surface area contributed by atoms with E-state index in [1.807, 2.05) is 34.6 Å². The Bertz CT molecular complexity index is 613. The lowest BCUT2D eigenvalue weighted by atomic mass is 10.1. The van der Waals surface area contributed by atoms with Crippen LogP contribution in [-0.2, 0) is 11.3 Å². The van der Waals surface area contributed by atoms with Crippen LogP contribution in [0, 0.1) is 13.8 Å². The van der Waals surface area contributed by atoms with Crippen molar-refractivity contribution in [2.75, 3.05) is 13.6 Å². The number of aliphatic imine (C=N–C) groups is 1. The number of nitrogens with zero attached hydrogens (tertiary/aromatic N) is 2. The van der Waals surface area contributed by atoms with Gasteiger partial charge in [-0.25, -0.2) is 9.78 Å². The average molecular weight is 511 g/mol. The van der Waals surface area contributed by atoms with E-state index in [9.17, 15) is 4.79 Å². The molecule has 0 aliphatic rings. The van der Waals surface area contributed by atoms with E-state index >= 15 is 0 Å². The fourth-order valence-electron chi connectivity index (χ4n) is 2.39. The quantitative estimate of drug-likeness (QED) is 0.295. The Morgan fingerprint density at radius 3 is 2.44 bits per heavy atom. The SMILES string of the molecule is CCCC(CNC(=NC)NCc1sc(C)nc1C)NC(=O)OC(C)(C)C.I. The van der Waals surface area contributed by atoms with Gasteiger partial charge in [0.05, 0.1) is 17.2 Å². The van der Waals surface area contributed by atoms with Gasteiger partial charge in [-0.05, 0) is 41.0 Å². The molecule has 1 amide bonds. The van der Waals surface area contributed by atoms with E-state index in [-0.39, 0.29) is 30.0 Å². The maximum Gasteiger partial charge on any atom is 0.407 e. The predicted octanol–water partition coefficient (Wildman–Crippen LogP) is 3.74. The summed E-state index contributed by atoms with van der Waals surface area (Å²) in [5, 5.41) is 10.6. The van der Waals surface area contributed by atoms with Gasteiger partial charge in [0.1, 0.15) is 5.60 Å². The van der Waals surface area contributed by atoms with Crippen LogP contribution in [0.5, 0.6) is 0 Å². The summed E-state index contributed by atoms with van der Waals surface area (Å²) in [7, 11) is 1.73. The molecular formula is C18H34IN5O2S. The zero-order chi connectivity index (χ0) is 19.7. The molecule has 0 bridgehead atoms. The van der Waals surface area contributed by atoms with E-state index in [0.717, 1.165) is 23.5 Å². The number of aryl methyl sites for hydroxylation is 2. The van der Waals surface area contributed by atoms with E-state index in [4.69, 9.17) is 4.74 Å². The van der Waals surface area contributed by atoms with Crippen LogP contribution in [0.3, 0.4) is 0 Å². The first-order chi connectivity index (χ1) is 12.1. The summed E-state index contributed by atoms with van der Waals surface area (Å²) in [4.78, 5) is 21.9. The highest BCUT2D eigenvalue weighted by molar-refractivity contribution is 14.0. The Balaban J connectivity index is 0.00000676. The van der Waals surface area contributed by atoms with Crippen molar-refractivity contribution in [1.82, 2.24) is 20.9 Å². The molecule has 0 aromatic carbocycles. The van der Waals surface area contributed by atoms with Gasteiger partial charge in [0, 0.05) is 24.5 Å². The summed E-state index contributed by atoms with van der Waals surface area (Å²) in [6, 6.07) is -0.0271. The molecule has 7 nitrogen and oxygen atoms in total. The van der Waals surface area contributed by atoms with Crippen molar-refractivity contribution < 1.29 is 9.53 Å². The number of nitrogens with one attached hydrogen (secondary N) is 3. The fourth-order valence-corrected chi connectivity index (χ4v) is 3.27. The van der Waals surface area contributed by atoms with Crippen LogP contribution in [0.1, 0.15) is 56.1 Å². The number of thiazole rings is 1. The van der Waals surface area contributed by atoms with Crippen molar-refractivity contribution in [3.63, 3.8) is 0 Å². The number of halogens is 1. The lowest BCUT2D eigenvalue weighted by Gasteiger charge is -2.24. The summed E-state index contributed by atoms with van der Waals surface area (Å²) < 4.78 is 5.34. The number of alkyl carbamates (subject to hydrolysis) is 1. The first-order valence-electron chi connectivity index (χ1n) is 9.01. The van der Waals surface area contributed by atoms with E-state index in [2.05, 4.69) is 32.9 Å². The van der Waals surface area contributed by atoms with Crippen molar-refractivity contribution in [2.45, 2.75) is 72.6 Å². The van der Waals surface area contributed by atoms with Crippen LogP contribution in [0.25, 0.3) is 0 Å². The van der Waals surface area contributed by atoms with Gasteiger partial charge in [-0.1, -0.05) is 13.3 Å². The van der Waals surface area contributed by atoms with E-state index < -0.39 is 11.7 Å². The van der Waals surface area contributed by atoms with Crippen LogP contribution >= 0.6 is 35.3 Å². The molecule has 0 radical (unpaired) electrons. The lowest BCUT2D eigenvalue weighted by Crippen LogP contribution is -2.48. The number of ether oxygens (including phenoxy) is 1. The third-order valence-electron chi connectivity index (χ3n) is 3.51. The van der Waals surface area contributed by atoms with Crippen LogP contribution in [-0.4, -0.2) is 42.3 Å². The number of hydrogen-bond donors (Lipinski definition) is 3. The number of rotatable bonds is 7. The molecule has 1 heterocycles. The van der Waals surface area contributed by atoms with Gasteiger partial charge in [-0.15, -0.1) is 35.3 Å². The van der Waals surface area contributed by atoms with Gasteiger partial charge >= 0.3 is 6.09 Å². The zero-order valence-corrected chi connectivity index (χ0v) is 20.6. The van der Waals surface area contributed by atoms with Gasteiger partial charge in [0.2, 0.25) is 0 Å². The highest BCUT2D eigenvalue weighted by Crippen LogP contribution is 2.16. The van der Waals surface area contributed by atoms with Crippen molar-refractivity contribution in [3.8, 4) is 0 Å². The molecule has 0 aliphatic carbocycles. The van der Waals surface area contributed by atoms with Gasteiger partial charge in [0.25, 0.3) is 0 Å². The summed E-state index contributed by atoms with van der Waals surface area (Å²) >= 11 is 1.68. The number of amides is 1. The Hall–Kier alpha value is -1.10. The van der Waals surface area contributed by atoms with E-state index in [1.54, 1.807) is 18.4 Å². The molecule has 3 N–H and O–H groups in total. The maximum atomic E-state index is 12.0.